The highest BCUT2D eigenvalue weighted by atomic mass is 35.5. The number of ether oxygens (including phenoxy) is 2. The number of carbonyl (C=O) groups excluding carboxylic acids is 1. The monoisotopic (exact) mass is 345 g/mol. The molecule has 1 aliphatic rings. The second kappa shape index (κ2) is 8.04. The zero-order valence-electron chi connectivity index (χ0n) is 12.9. The molecule has 0 bridgehead atoms. The summed E-state index contributed by atoms with van der Waals surface area (Å²) < 4.78 is 11.2. The van der Waals surface area contributed by atoms with Gasteiger partial charge in [-0.2, -0.15) is 0 Å². The largest absolute Gasteiger partial charge is 0.492 e. The Morgan fingerprint density at radius 1 is 1.32 bits per heavy atom. The first-order valence-corrected chi connectivity index (χ1v) is 8.22. The average Bonchev–Trinajstić information content (AvgIpc) is 2.44. The second-order valence-electron chi connectivity index (χ2n) is 5.58. The van der Waals surface area contributed by atoms with Crippen LogP contribution in [0.15, 0.2) is 18.2 Å². The van der Waals surface area contributed by atoms with Crippen molar-refractivity contribution in [2.75, 3.05) is 19.7 Å². The molecule has 1 aromatic carbocycles. The molecule has 6 heteroatoms. The van der Waals surface area contributed by atoms with Crippen molar-refractivity contribution in [1.82, 2.24) is 4.90 Å². The van der Waals surface area contributed by atoms with Crippen LogP contribution in [0, 0.1) is 0 Å². The third-order valence-corrected chi connectivity index (χ3v) is 3.99. The first-order chi connectivity index (χ1) is 10.5. The number of hydrogen-bond donors (Lipinski definition) is 0. The van der Waals surface area contributed by atoms with Gasteiger partial charge in [0.15, 0.2) is 0 Å². The molecule has 2 atom stereocenters. The van der Waals surface area contributed by atoms with Gasteiger partial charge >= 0.3 is 0 Å². The number of halogens is 2. The van der Waals surface area contributed by atoms with E-state index < -0.39 is 0 Å². The molecule has 0 radical (unpaired) electrons. The maximum atomic E-state index is 12.2. The number of morpholine rings is 1. The number of carbonyl (C=O) groups is 1. The molecule has 1 aliphatic heterocycles. The maximum absolute atomic E-state index is 12.2. The molecular weight excluding hydrogens is 325 g/mol. The highest BCUT2D eigenvalue weighted by molar-refractivity contribution is 6.35. The van der Waals surface area contributed by atoms with Crippen molar-refractivity contribution >= 4 is 29.1 Å². The van der Waals surface area contributed by atoms with Gasteiger partial charge in [-0.15, -0.1) is 0 Å². The Labute approximate surface area is 141 Å². The van der Waals surface area contributed by atoms with Crippen molar-refractivity contribution in [2.45, 2.75) is 38.9 Å². The Bertz CT molecular complexity index is 514. The Balaban J connectivity index is 1.73. The molecule has 22 heavy (non-hydrogen) atoms. The summed E-state index contributed by atoms with van der Waals surface area (Å²) in [6, 6.07) is 5.10. The topological polar surface area (TPSA) is 38.8 Å². The molecule has 0 N–H and O–H groups in total. The van der Waals surface area contributed by atoms with E-state index in [1.165, 1.54) is 0 Å². The molecule has 4 nitrogen and oxygen atoms in total. The van der Waals surface area contributed by atoms with Gasteiger partial charge in [0, 0.05) is 24.5 Å². The van der Waals surface area contributed by atoms with Gasteiger partial charge in [-0.25, -0.2) is 0 Å². The summed E-state index contributed by atoms with van der Waals surface area (Å²) in [5.74, 6) is 0.736. The van der Waals surface area contributed by atoms with Gasteiger partial charge in [0.1, 0.15) is 5.75 Å². The van der Waals surface area contributed by atoms with Crippen LogP contribution >= 0.6 is 23.2 Å². The summed E-state index contributed by atoms with van der Waals surface area (Å²) in [6.45, 7) is 5.74. The van der Waals surface area contributed by atoms with Gasteiger partial charge in [-0.05, 0) is 38.5 Å². The molecule has 1 heterocycles. The Morgan fingerprint density at radius 2 is 2.00 bits per heavy atom. The molecule has 1 saturated heterocycles. The van der Waals surface area contributed by atoms with Gasteiger partial charge in [-0.3, -0.25) is 4.79 Å². The summed E-state index contributed by atoms with van der Waals surface area (Å²) in [6.07, 6.45) is 1.30. The Morgan fingerprint density at radius 3 is 2.64 bits per heavy atom. The minimum atomic E-state index is 0.0943. The second-order valence-corrected chi connectivity index (χ2v) is 6.43. The lowest BCUT2D eigenvalue weighted by atomic mass is 10.2. The summed E-state index contributed by atoms with van der Waals surface area (Å²) >= 11 is 11.9. The van der Waals surface area contributed by atoms with Crippen molar-refractivity contribution < 1.29 is 14.3 Å². The fraction of sp³-hybridized carbons (Fsp3) is 0.562. The van der Waals surface area contributed by atoms with E-state index in [9.17, 15) is 4.79 Å². The molecule has 122 valence electrons. The number of benzene rings is 1. The Hall–Kier alpha value is -0.970. The quantitative estimate of drug-likeness (QED) is 0.762. The Kier molecular flexibility index (Phi) is 6.36. The minimum Gasteiger partial charge on any atom is -0.492 e. The molecule has 0 saturated carbocycles. The van der Waals surface area contributed by atoms with Crippen LogP contribution in [-0.4, -0.2) is 42.7 Å². The molecular formula is C16H21Cl2NO3. The fourth-order valence-corrected chi connectivity index (χ4v) is 3.00. The average molecular weight is 346 g/mol. The van der Waals surface area contributed by atoms with Crippen LogP contribution in [0.25, 0.3) is 0 Å². The number of hydrogen-bond acceptors (Lipinski definition) is 3. The van der Waals surface area contributed by atoms with Crippen molar-refractivity contribution in [2.24, 2.45) is 0 Å². The molecule has 2 unspecified atom stereocenters. The molecule has 0 spiro atoms. The van der Waals surface area contributed by atoms with Gasteiger partial charge in [0.25, 0.3) is 0 Å². The van der Waals surface area contributed by atoms with E-state index in [-0.39, 0.29) is 18.1 Å². The lowest BCUT2D eigenvalue weighted by Crippen LogP contribution is -2.48. The lowest BCUT2D eigenvalue weighted by molar-refractivity contribution is -0.143. The number of nitrogens with zero attached hydrogens (tertiary/aromatic N) is 1. The fourth-order valence-electron chi connectivity index (χ4n) is 2.54. The van der Waals surface area contributed by atoms with Gasteiger partial charge in [-0.1, -0.05) is 23.2 Å². The zero-order valence-corrected chi connectivity index (χ0v) is 14.4. The highest BCUT2D eigenvalue weighted by Gasteiger charge is 2.25. The molecule has 1 fully saturated rings. The van der Waals surface area contributed by atoms with E-state index in [0.717, 1.165) is 0 Å². The van der Waals surface area contributed by atoms with Crippen LogP contribution in [0.1, 0.15) is 26.7 Å². The highest BCUT2D eigenvalue weighted by Crippen LogP contribution is 2.27. The van der Waals surface area contributed by atoms with E-state index in [1.807, 2.05) is 18.7 Å². The standard InChI is InChI=1S/C16H21Cl2NO3/c1-11-9-19(10-12(2)22-11)16(20)4-3-7-21-15-6-5-13(17)8-14(15)18/h5-6,8,11-12H,3-4,7,9-10H2,1-2H3. The predicted molar refractivity (Wildman–Crippen MR) is 87.8 cm³/mol. The van der Waals surface area contributed by atoms with Crippen molar-refractivity contribution in [3.63, 3.8) is 0 Å². The first-order valence-electron chi connectivity index (χ1n) is 7.47. The van der Waals surface area contributed by atoms with Crippen molar-refractivity contribution in [1.29, 1.82) is 0 Å². The normalized spacial score (nSPS) is 21.7. The smallest absolute Gasteiger partial charge is 0.222 e. The minimum absolute atomic E-state index is 0.0943. The van der Waals surface area contributed by atoms with E-state index in [2.05, 4.69) is 0 Å². The first kappa shape index (κ1) is 17.4. The third-order valence-electron chi connectivity index (χ3n) is 3.46. The van der Waals surface area contributed by atoms with E-state index in [4.69, 9.17) is 32.7 Å². The predicted octanol–water partition coefficient (Wildman–Crippen LogP) is 3.79. The zero-order chi connectivity index (χ0) is 16.1. The van der Waals surface area contributed by atoms with E-state index in [1.54, 1.807) is 18.2 Å². The van der Waals surface area contributed by atoms with Crippen LogP contribution in [0.5, 0.6) is 5.75 Å². The summed E-state index contributed by atoms with van der Waals surface area (Å²) in [4.78, 5) is 14.1. The summed E-state index contributed by atoms with van der Waals surface area (Å²) in [5.41, 5.74) is 0. The van der Waals surface area contributed by atoms with Crippen LogP contribution in [0.3, 0.4) is 0 Å². The summed E-state index contributed by atoms with van der Waals surface area (Å²) in [7, 11) is 0. The molecule has 1 amide bonds. The van der Waals surface area contributed by atoms with Crippen LogP contribution in [0.2, 0.25) is 10.0 Å². The third kappa shape index (κ3) is 5.04. The van der Waals surface area contributed by atoms with Crippen LogP contribution in [0.4, 0.5) is 0 Å². The molecule has 1 aromatic rings. The van der Waals surface area contributed by atoms with Crippen LogP contribution < -0.4 is 4.74 Å². The number of rotatable bonds is 5. The SMILES string of the molecule is CC1CN(C(=O)CCCOc2ccc(Cl)cc2Cl)CC(C)O1. The van der Waals surface area contributed by atoms with Crippen LogP contribution in [-0.2, 0) is 9.53 Å². The molecule has 0 aliphatic carbocycles. The van der Waals surface area contributed by atoms with Gasteiger partial charge in [0.05, 0.1) is 23.8 Å². The molecule has 2 rings (SSSR count). The van der Waals surface area contributed by atoms with Gasteiger partial charge < -0.3 is 14.4 Å². The molecule has 0 aromatic heterocycles. The van der Waals surface area contributed by atoms with E-state index >= 15 is 0 Å². The number of amides is 1. The van der Waals surface area contributed by atoms with Crippen molar-refractivity contribution in [3.05, 3.63) is 28.2 Å². The van der Waals surface area contributed by atoms with Crippen molar-refractivity contribution in [3.8, 4) is 5.75 Å². The lowest BCUT2D eigenvalue weighted by Gasteiger charge is -2.35. The van der Waals surface area contributed by atoms with E-state index in [0.29, 0.717) is 48.3 Å². The summed E-state index contributed by atoms with van der Waals surface area (Å²) in [5, 5.41) is 1.05. The maximum Gasteiger partial charge on any atom is 0.222 e. The van der Waals surface area contributed by atoms with Gasteiger partial charge in [0.2, 0.25) is 5.91 Å².